The Morgan fingerprint density at radius 2 is 2.19 bits per heavy atom. The quantitative estimate of drug-likeness (QED) is 0.746. The van der Waals surface area contributed by atoms with Gasteiger partial charge in [-0.2, -0.15) is 32.9 Å². The second-order valence-electron chi connectivity index (χ2n) is 5.77. The molecule has 1 atom stereocenters. The largest absolute Gasteiger partial charge is 0.433 e. The van der Waals surface area contributed by atoms with E-state index in [1.807, 2.05) is 6.92 Å². The number of hydrogen-bond donors (Lipinski definition) is 1. The van der Waals surface area contributed by atoms with Crippen molar-refractivity contribution in [3.05, 3.63) is 29.7 Å². The third-order valence-corrected chi connectivity index (χ3v) is 4.09. The molecule has 0 aliphatic carbocycles. The Balaban J connectivity index is 1.69. The Bertz CT molecular complexity index is 920. The summed E-state index contributed by atoms with van der Waals surface area (Å²) in [4.78, 5) is 13.4. The van der Waals surface area contributed by atoms with E-state index in [1.54, 1.807) is 4.90 Å². The number of aromatic nitrogens is 7. The van der Waals surface area contributed by atoms with Crippen LogP contribution < -0.4 is 4.90 Å². The van der Waals surface area contributed by atoms with Crippen molar-refractivity contribution in [3.63, 3.8) is 0 Å². The predicted molar refractivity (Wildman–Crippen MR) is 82.5 cm³/mol. The van der Waals surface area contributed by atoms with Gasteiger partial charge < -0.3 is 9.64 Å². The van der Waals surface area contributed by atoms with Crippen LogP contribution in [0.3, 0.4) is 0 Å². The summed E-state index contributed by atoms with van der Waals surface area (Å²) in [5, 5.41) is 10.9. The van der Waals surface area contributed by atoms with Gasteiger partial charge in [0.2, 0.25) is 0 Å². The van der Waals surface area contributed by atoms with E-state index < -0.39 is 18.0 Å². The van der Waals surface area contributed by atoms with Crippen LogP contribution in [0.15, 0.2) is 12.4 Å². The Hall–Kier alpha value is -2.76. The molecule has 0 amide bonds. The molecule has 1 unspecified atom stereocenters. The highest BCUT2D eigenvalue weighted by Crippen LogP contribution is 2.32. The number of aromatic amines is 1. The normalized spacial score (nSPS) is 18.6. The molecule has 3 aromatic heterocycles. The second kappa shape index (κ2) is 6.20. The minimum atomic E-state index is -4.58. The van der Waals surface area contributed by atoms with E-state index in [-0.39, 0.29) is 18.1 Å². The minimum absolute atomic E-state index is 0.107. The first-order valence-corrected chi connectivity index (χ1v) is 8.01. The minimum Gasteiger partial charge on any atom is -0.366 e. The average molecular weight is 368 g/mol. The zero-order chi connectivity index (χ0) is 18.3. The molecule has 9 nitrogen and oxygen atoms in total. The molecule has 26 heavy (non-hydrogen) atoms. The number of nitrogens with zero attached hydrogens (tertiary/aromatic N) is 7. The Morgan fingerprint density at radius 3 is 2.92 bits per heavy atom. The Labute approximate surface area is 145 Å². The number of alkyl halides is 3. The lowest BCUT2D eigenvalue weighted by Gasteiger charge is -2.33. The van der Waals surface area contributed by atoms with Gasteiger partial charge in [0.15, 0.2) is 11.5 Å². The first kappa shape index (κ1) is 16.7. The van der Waals surface area contributed by atoms with Gasteiger partial charge in [0.1, 0.15) is 24.1 Å². The van der Waals surface area contributed by atoms with E-state index in [9.17, 15) is 13.2 Å². The molecule has 3 aromatic rings. The zero-order valence-corrected chi connectivity index (χ0v) is 13.7. The summed E-state index contributed by atoms with van der Waals surface area (Å²) < 4.78 is 46.5. The lowest BCUT2D eigenvalue weighted by atomic mass is 10.2. The molecule has 0 radical (unpaired) electrons. The number of H-pyrrole nitrogens is 1. The number of halogens is 3. The van der Waals surface area contributed by atoms with Gasteiger partial charge in [-0.05, 0) is 0 Å². The molecular weight excluding hydrogens is 353 g/mol. The monoisotopic (exact) mass is 368 g/mol. The SMILES string of the molecule is CCc1nc(C2CN(c3cc(C(F)(F)F)nc4ncnn34)CCO2)n[nH]1. The number of morpholine rings is 1. The van der Waals surface area contributed by atoms with Gasteiger partial charge in [0, 0.05) is 19.0 Å². The van der Waals surface area contributed by atoms with Crippen LogP contribution in [0.5, 0.6) is 0 Å². The van der Waals surface area contributed by atoms with Crippen molar-refractivity contribution < 1.29 is 17.9 Å². The van der Waals surface area contributed by atoms with Crippen molar-refractivity contribution in [1.82, 2.24) is 34.8 Å². The average Bonchev–Trinajstić information content (AvgIpc) is 3.29. The van der Waals surface area contributed by atoms with E-state index in [2.05, 4.69) is 30.2 Å². The van der Waals surface area contributed by atoms with Crippen LogP contribution >= 0.6 is 0 Å². The summed E-state index contributed by atoms with van der Waals surface area (Å²) in [5.74, 6) is 1.34. The van der Waals surface area contributed by atoms with Gasteiger partial charge in [0.05, 0.1) is 13.2 Å². The molecule has 0 bridgehead atoms. The molecule has 0 saturated carbocycles. The van der Waals surface area contributed by atoms with Gasteiger partial charge in [-0.15, -0.1) is 0 Å². The molecule has 4 heterocycles. The highest BCUT2D eigenvalue weighted by Gasteiger charge is 2.35. The summed E-state index contributed by atoms with van der Waals surface area (Å²) in [7, 11) is 0. The molecule has 1 fully saturated rings. The number of anilines is 1. The van der Waals surface area contributed by atoms with Crippen LogP contribution in [0.25, 0.3) is 5.78 Å². The van der Waals surface area contributed by atoms with Crippen molar-refractivity contribution in [1.29, 1.82) is 0 Å². The van der Waals surface area contributed by atoms with Crippen molar-refractivity contribution in [3.8, 4) is 0 Å². The standard InChI is InChI=1S/C14H15F3N8O/c1-2-10-21-12(23-22-10)8-6-24(3-4-26-8)11-5-9(14(15,16)17)20-13-18-7-19-25(11)13/h5,7-8H,2-4,6H2,1H3,(H,21,22,23). The van der Waals surface area contributed by atoms with Crippen molar-refractivity contribution >= 4 is 11.6 Å². The smallest absolute Gasteiger partial charge is 0.366 e. The molecule has 1 saturated heterocycles. The lowest BCUT2D eigenvalue weighted by molar-refractivity contribution is -0.141. The first-order valence-electron chi connectivity index (χ1n) is 8.01. The fourth-order valence-electron chi connectivity index (χ4n) is 2.79. The number of ether oxygens (including phenoxy) is 1. The molecule has 0 spiro atoms. The maximum atomic E-state index is 13.2. The molecule has 1 aliphatic heterocycles. The van der Waals surface area contributed by atoms with Gasteiger partial charge in [-0.25, -0.2) is 9.97 Å². The van der Waals surface area contributed by atoms with Crippen molar-refractivity contribution in [2.45, 2.75) is 25.6 Å². The summed E-state index contributed by atoms with van der Waals surface area (Å²) >= 11 is 0. The summed E-state index contributed by atoms with van der Waals surface area (Å²) in [6.07, 6.45) is -3.16. The third kappa shape index (κ3) is 2.96. The molecule has 1 aliphatic rings. The topological polar surface area (TPSA) is 97.1 Å². The van der Waals surface area contributed by atoms with E-state index in [1.165, 1.54) is 10.8 Å². The number of rotatable bonds is 3. The Kier molecular flexibility index (Phi) is 3.98. The summed E-state index contributed by atoms with van der Waals surface area (Å²) in [5.41, 5.74) is -1.01. The molecule has 1 N–H and O–H groups in total. The molecule has 12 heteroatoms. The molecular formula is C14H15F3N8O. The van der Waals surface area contributed by atoms with Crippen LogP contribution in [0.4, 0.5) is 19.0 Å². The molecule has 0 aromatic carbocycles. The third-order valence-electron chi connectivity index (χ3n) is 4.09. The number of aryl methyl sites for hydroxylation is 1. The van der Waals surface area contributed by atoms with Crippen molar-refractivity contribution in [2.24, 2.45) is 0 Å². The van der Waals surface area contributed by atoms with E-state index in [0.29, 0.717) is 25.4 Å². The van der Waals surface area contributed by atoms with Gasteiger partial charge in [0.25, 0.3) is 5.78 Å². The maximum absolute atomic E-state index is 13.2. The van der Waals surface area contributed by atoms with E-state index in [4.69, 9.17) is 4.74 Å². The van der Waals surface area contributed by atoms with Crippen molar-refractivity contribution in [2.75, 3.05) is 24.6 Å². The second-order valence-corrected chi connectivity index (χ2v) is 5.77. The van der Waals surface area contributed by atoms with Crippen LogP contribution in [-0.2, 0) is 17.3 Å². The molecule has 4 rings (SSSR count). The number of fused-ring (bicyclic) bond motifs is 1. The highest BCUT2D eigenvalue weighted by atomic mass is 19.4. The highest BCUT2D eigenvalue weighted by molar-refractivity contribution is 5.48. The number of hydrogen-bond acceptors (Lipinski definition) is 7. The summed E-state index contributed by atoms with van der Waals surface area (Å²) in [6, 6.07) is 0.972. The Morgan fingerprint density at radius 1 is 1.35 bits per heavy atom. The van der Waals surface area contributed by atoms with Gasteiger partial charge in [-0.1, -0.05) is 6.92 Å². The van der Waals surface area contributed by atoms with Gasteiger partial charge >= 0.3 is 6.18 Å². The van der Waals surface area contributed by atoms with E-state index >= 15 is 0 Å². The van der Waals surface area contributed by atoms with Crippen LogP contribution in [0.1, 0.15) is 30.4 Å². The fourth-order valence-corrected chi connectivity index (χ4v) is 2.79. The van der Waals surface area contributed by atoms with Crippen LogP contribution in [-0.4, -0.2) is 54.5 Å². The summed E-state index contributed by atoms with van der Waals surface area (Å²) in [6.45, 7) is 2.95. The predicted octanol–water partition coefficient (Wildman–Crippen LogP) is 1.40. The number of nitrogens with one attached hydrogen (secondary N) is 1. The lowest BCUT2D eigenvalue weighted by Crippen LogP contribution is -2.40. The van der Waals surface area contributed by atoms with Crippen LogP contribution in [0, 0.1) is 0 Å². The first-order chi connectivity index (χ1) is 12.5. The fraction of sp³-hybridized carbons (Fsp3) is 0.500. The maximum Gasteiger partial charge on any atom is 0.433 e. The molecule has 138 valence electrons. The zero-order valence-electron chi connectivity index (χ0n) is 13.7. The van der Waals surface area contributed by atoms with Gasteiger partial charge in [-0.3, -0.25) is 5.10 Å². The van der Waals surface area contributed by atoms with Crippen LogP contribution in [0.2, 0.25) is 0 Å². The van der Waals surface area contributed by atoms with E-state index in [0.717, 1.165) is 11.9 Å².